The van der Waals surface area contributed by atoms with Crippen molar-refractivity contribution in [2.45, 2.75) is 19.9 Å². The van der Waals surface area contributed by atoms with Crippen molar-refractivity contribution in [2.24, 2.45) is 0 Å². The van der Waals surface area contributed by atoms with Gasteiger partial charge in [-0.25, -0.2) is 0 Å². The van der Waals surface area contributed by atoms with E-state index < -0.39 is 11.9 Å². The number of Topliss-reactive ketones (excluding diaryl/α,β-unsaturated/α-hetero) is 1. The van der Waals surface area contributed by atoms with Gasteiger partial charge in [0.15, 0.2) is 5.78 Å². The Kier molecular flexibility index (Phi) is 3.90. The third-order valence-corrected chi connectivity index (χ3v) is 2.48. The van der Waals surface area contributed by atoms with Crippen molar-refractivity contribution in [3.05, 3.63) is 28.8 Å². The van der Waals surface area contributed by atoms with Gasteiger partial charge in [-0.2, -0.15) is 0 Å². The Morgan fingerprint density at radius 3 is 2.62 bits per heavy atom. The van der Waals surface area contributed by atoms with E-state index in [2.05, 4.69) is 5.32 Å². The number of phenols is 1. The van der Waals surface area contributed by atoms with E-state index in [1.165, 1.54) is 25.1 Å². The fourth-order valence-electron chi connectivity index (χ4n) is 1.06. The summed E-state index contributed by atoms with van der Waals surface area (Å²) in [6.45, 7) is 2.96. The maximum atomic E-state index is 11.7. The second-order valence-corrected chi connectivity index (χ2v) is 3.88. The molecule has 0 heterocycles. The lowest BCUT2D eigenvalue weighted by atomic mass is 10.1. The number of phenolic OH excluding ortho intramolecular Hbond substituents is 1. The average Bonchev–Trinajstić information content (AvgIpc) is 2.21. The lowest BCUT2D eigenvalue weighted by Crippen LogP contribution is -2.37. The quantitative estimate of drug-likeness (QED) is 0.847. The van der Waals surface area contributed by atoms with E-state index in [1.807, 2.05) is 0 Å². The number of benzene rings is 1. The smallest absolute Gasteiger partial charge is 0.253 e. The molecule has 0 saturated heterocycles. The first kappa shape index (κ1) is 12.5. The molecule has 2 N–H and O–H groups in total. The van der Waals surface area contributed by atoms with Crippen molar-refractivity contribution < 1.29 is 14.7 Å². The molecule has 1 unspecified atom stereocenters. The van der Waals surface area contributed by atoms with Crippen molar-refractivity contribution in [2.75, 3.05) is 0 Å². The van der Waals surface area contributed by atoms with Gasteiger partial charge in [-0.3, -0.25) is 9.59 Å². The Bertz CT molecular complexity index is 431. The first-order valence-corrected chi connectivity index (χ1v) is 5.09. The number of carbonyl (C=O) groups excluding carboxylic acids is 2. The first-order valence-electron chi connectivity index (χ1n) is 4.71. The van der Waals surface area contributed by atoms with Crippen molar-refractivity contribution in [3.63, 3.8) is 0 Å². The number of aromatic hydroxyl groups is 1. The third-order valence-electron chi connectivity index (χ3n) is 2.15. The van der Waals surface area contributed by atoms with Gasteiger partial charge in [0.2, 0.25) is 0 Å². The molecule has 0 bridgehead atoms. The molecular weight excluding hydrogens is 230 g/mol. The summed E-state index contributed by atoms with van der Waals surface area (Å²) >= 11 is 5.80. The minimum atomic E-state index is -0.578. The Hall–Kier alpha value is -1.55. The summed E-state index contributed by atoms with van der Waals surface area (Å²) in [5, 5.41) is 11.9. The Balaban J connectivity index is 2.88. The second kappa shape index (κ2) is 4.99. The number of hydrogen-bond acceptors (Lipinski definition) is 3. The summed E-state index contributed by atoms with van der Waals surface area (Å²) in [6, 6.07) is 3.48. The van der Waals surface area contributed by atoms with Gasteiger partial charge >= 0.3 is 0 Å². The van der Waals surface area contributed by atoms with E-state index in [4.69, 9.17) is 11.6 Å². The molecule has 1 aromatic rings. The van der Waals surface area contributed by atoms with Crippen LogP contribution >= 0.6 is 11.6 Å². The molecule has 0 spiro atoms. The molecule has 1 aromatic carbocycles. The SMILES string of the molecule is CC(=O)C(C)NC(=O)c1cc(O)ccc1Cl. The van der Waals surface area contributed by atoms with Crippen LogP contribution in [0.25, 0.3) is 0 Å². The molecular formula is C11H12ClNO3. The minimum Gasteiger partial charge on any atom is -0.508 e. The zero-order chi connectivity index (χ0) is 12.3. The number of halogens is 1. The lowest BCUT2D eigenvalue weighted by Gasteiger charge is -2.11. The molecule has 5 heteroatoms. The summed E-state index contributed by atoms with van der Waals surface area (Å²) < 4.78 is 0. The summed E-state index contributed by atoms with van der Waals surface area (Å²) in [5.74, 6) is -0.682. The topological polar surface area (TPSA) is 66.4 Å². The number of rotatable bonds is 3. The number of nitrogens with one attached hydrogen (secondary N) is 1. The van der Waals surface area contributed by atoms with Crippen LogP contribution in [0.5, 0.6) is 5.75 Å². The number of amides is 1. The van der Waals surface area contributed by atoms with Crippen molar-refractivity contribution in [1.82, 2.24) is 5.32 Å². The predicted molar refractivity (Wildman–Crippen MR) is 60.7 cm³/mol. The van der Waals surface area contributed by atoms with E-state index in [-0.39, 0.29) is 22.1 Å². The third kappa shape index (κ3) is 2.97. The van der Waals surface area contributed by atoms with E-state index in [9.17, 15) is 14.7 Å². The highest BCUT2D eigenvalue weighted by Gasteiger charge is 2.15. The number of carbonyl (C=O) groups is 2. The van der Waals surface area contributed by atoms with E-state index in [0.717, 1.165) is 0 Å². The van der Waals surface area contributed by atoms with Gasteiger partial charge < -0.3 is 10.4 Å². The molecule has 0 fully saturated rings. The van der Waals surface area contributed by atoms with Crippen LogP contribution < -0.4 is 5.32 Å². The van der Waals surface area contributed by atoms with Crippen LogP contribution in [0.1, 0.15) is 24.2 Å². The monoisotopic (exact) mass is 241 g/mol. The molecule has 1 atom stereocenters. The Labute approximate surface area is 98.2 Å². The van der Waals surface area contributed by atoms with Crippen molar-refractivity contribution in [3.8, 4) is 5.75 Å². The molecule has 0 aliphatic rings. The van der Waals surface area contributed by atoms with Crippen LogP contribution in [-0.2, 0) is 4.79 Å². The van der Waals surface area contributed by atoms with Gasteiger partial charge in [-0.1, -0.05) is 11.6 Å². The van der Waals surface area contributed by atoms with Gasteiger partial charge in [0.25, 0.3) is 5.91 Å². The van der Waals surface area contributed by atoms with Crippen LogP contribution in [0.3, 0.4) is 0 Å². The summed E-state index contributed by atoms with van der Waals surface area (Å²) in [7, 11) is 0. The molecule has 4 nitrogen and oxygen atoms in total. The highest BCUT2D eigenvalue weighted by atomic mass is 35.5. The molecule has 1 rings (SSSR count). The van der Waals surface area contributed by atoms with Gasteiger partial charge in [-0.15, -0.1) is 0 Å². The number of hydrogen-bond donors (Lipinski definition) is 2. The van der Waals surface area contributed by atoms with Gasteiger partial charge in [0.1, 0.15) is 5.75 Å². The van der Waals surface area contributed by atoms with Crippen LogP contribution in [0.2, 0.25) is 5.02 Å². The molecule has 0 radical (unpaired) electrons. The Morgan fingerprint density at radius 1 is 1.44 bits per heavy atom. The molecule has 0 aliphatic carbocycles. The highest BCUT2D eigenvalue weighted by molar-refractivity contribution is 6.33. The Morgan fingerprint density at radius 2 is 2.06 bits per heavy atom. The average molecular weight is 242 g/mol. The maximum Gasteiger partial charge on any atom is 0.253 e. The lowest BCUT2D eigenvalue weighted by molar-refractivity contribution is -0.118. The summed E-state index contributed by atoms with van der Waals surface area (Å²) in [5.41, 5.74) is 0.148. The maximum absolute atomic E-state index is 11.7. The fraction of sp³-hybridized carbons (Fsp3) is 0.273. The van der Waals surface area contributed by atoms with Crippen LogP contribution in [0, 0.1) is 0 Å². The van der Waals surface area contributed by atoms with Crippen molar-refractivity contribution in [1.29, 1.82) is 0 Å². The van der Waals surface area contributed by atoms with Gasteiger partial charge in [0.05, 0.1) is 16.6 Å². The molecule has 16 heavy (non-hydrogen) atoms. The van der Waals surface area contributed by atoms with Crippen LogP contribution in [-0.4, -0.2) is 22.8 Å². The summed E-state index contributed by atoms with van der Waals surface area (Å²) in [6.07, 6.45) is 0. The van der Waals surface area contributed by atoms with Crippen molar-refractivity contribution >= 4 is 23.3 Å². The highest BCUT2D eigenvalue weighted by Crippen LogP contribution is 2.20. The standard InChI is InChI=1S/C11H12ClNO3/c1-6(7(2)14)13-11(16)9-5-8(15)3-4-10(9)12/h3-6,15H,1-2H3,(H,13,16). The van der Waals surface area contributed by atoms with E-state index >= 15 is 0 Å². The zero-order valence-electron chi connectivity index (χ0n) is 8.95. The minimum absolute atomic E-state index is 0.0509. The van der Waals surface area contributed by atoms with Crippen LogP contribution in [0.15, 0.2) is 18.2 Å². The first-order chi connectivity index (χ1) is 7.41. The molecule has 0 aliphatic heterocycles. The number of ketones is 1. The van der Waals surface area contributed by atoms with E-state index in [1.54, 1.807) is 6.92 Å². The normalized spacial score (nSPS) is 11.9. The second-order valence-electron chi connectivity index (χ2n) is 3.47. The van der Waals surface area contributed by atoms with Crippen LogP contribution in [0.4, 0.5) is 0 Å². The van der Waals surface area contributed by atoms with E-state index in [0.29, 0.717) is 0 Å². The fourth-order valence-corrected chi connectivity index (χ4v) is 1.27. The molecule has 0 saturated carbocycles. The molecule has 1 amide bonds. The summed E-state index contributed by atoms with van der Waals surface area (Å²) in [4.78, 5) is 22.6. The van der Waals surface area contributed by atoms with Gasteiger partial charge in [-0.05, 0) is 32.0 Å². The zero-order valence-corrected chi connectivity index (χ0v) is 9.71. The molecule has 0 aromatic heterocycles. The largest absolute Gasteiger partial charge is 0.508 e. The predicted octanol–water partition coefficient (Wildman–Crippen LogP) is 1.75. The molecule has 86 valence electrons. The van der Waals surface area contributed by atoms with Gasteiger partial charge in [0, 0.05) is 0 Å².